The van der Waals surface area contributed by atoms with E-state index < -0.39 is 34.5 Å². The van der Waals surface area contributed by atoms with Gasteiger partial charge in [0.2, 0.25) is 5.69 Å². The molecule has 10 heteroatoms. The van der Waals surface area contributed by atoms with Crippen LogP contribution in [-0.4, -0.2) is 14.3 Å². The van der Waals surface area contributed by atoms with Crippen molar-refractivity contribution in [3.05, 3.63) is 92.0 Å². The summed E-state index contributed by atoms with van der Waals surface area (Å²) in [5.74, 6) is -0.560. The number of alkyl halides is 3. The van der Waals surface area contributed by atoms with Crippen LogP contribution in [0.3, 0.4) is 0 Å². The third-order valence-electron chi connectivity index (χ3n) is 3.86. The zero-order chi connectivity index (χ0) is 20.5. The van der Waals surface area contributed by atoms with E-state index in [4.69, 9.17) is 5.26 Å². The predicted octanol–water partition coefficient (Wildman–Crippen LogP) is 2.47. The van der Waals surface area contributed by atoms with E-state index in [1.807, 2.05) is 0 Å². The summed E-state index contributed by atoms with van der Waals surface area (Å²) in [5.41, 5.74) is -3.01. The SMILES string of the molecule is N#Cc1nn(-c2ccc(F)cc2)c(=O)n(Cc2ccc(C(F)(F)F)cc2)c1=O. The molecule has 0 bridgehead atoms. The second-order valence-corrected chi connectivity index (χ2v) is 5.72. The quantitative estimate of drug-likeness (QED) is 0.644. The molecule has 0 unspecified atom stereocenters. The number of halogens is 4. The fraction of sp³-hybridized carbons (Fsp3) is 0.111. The van der Waals surface area contributed by atoms with Gasteiger partial charge in [0.25, 0.3) is 5.56 Å². The van der Waals surface area contributed by atoms with Crippen molar-refractivity contribution in [3.8, 4) is 11.8 Å². The molecule has 0 saturated heterocycles. The normalized spacial score (nSPS) is 11.2. The maximum absolute atomic E-state index is 13.1. The van der Waals surface area contributed by atoms with Gasteiger partial charge in [-0.2, -0.15) is 23.1 Å². The average Bonchev–Trinajstić information content (AvgIpc) is 2.66. The van der Waals surface area contributed by atoms with Crippen molar-refractivity contribution in [2.75, 3.05) is 0 Å². The van der Waals surface area contributed by atoms with Crippen molar-refractivity contribution in [2.45, 2.75) is 12.7 Å². The van der Waals surface area contributed by atoms with E-state index in [9.17, 15) is 27.2 Å². The zero-order valence-electron chi connectivity index (χ0n) is 13.9. The molecule has 0 saturated carbocycles. The second-order valence-electron chi connectivity index (χ2n) is 5.72. The minimum Gasteiger partial charge on any atom is -0.266 e. The van der Waals surface area contributed by atoms with Gasteiger partial charge in [0, 0.05) is 0 Å². The van der Waals surface area contributed by atoms with Gasteiger partial charge in [-0.25, -0.2) is 9.18 Å². The Kier molecular flexibility index (Phi) is 4.83. The minimum absolute atomic E-state index is 0.115. The number of hydrogen-bond donors (Lipinski definition) is 0. The largest absolute Gasteiger partial charge is 0.416 e. The Balaban J connectivity index is 2.09. The van der Waals surface area contributed by atoms with Gasteiger partial charge in [-0.1, -0.05) is 12.1 Å². The van der Waals surface area contributed by atoms with Gasteiger partial charge in [0.15, 0.2) is 0 Å². The van der Waals surface area contributed by atoms with E-state index in [0.717, 1.165) is 41.1 Å². The first kappa shape index (κ1) is 19.0. The van der Waals surface area contributed by atoms with E-state index in [2.05, 4.69) is 5.10 Å². The van der Waals surface area contributed by atoms with Crippen molar-refractivity contribution in [1.29, 1.82) is 5.26 Å². The third-order valence-corrected chi connectivity index (χ3v) is 3.86. The highest BCUT2D eigenvalue weighted by molar-refractivity contribution is 5.31. The lowest BCUT2D eigenvalue weighted by molar-refractivity contribution is -0.137. The Hall–Kier alpha value is -3.74. The molecule has 142 valence electrons. The highest BCUT2D eigenvalue weighted by atomic mass is 19.4. The van der Waals surface area contributed by atoms with E-state index in [0.29, 0.717) is 4.57 Å². The van der Waals surface area contributed by atoms with Crippen LogP contribution in [0.5, 0.6) is 0 Å². The highest BCUT2D eigenvalue weighted by Gasteiger charge is 2.30. The highest BCUT2D eigenvalue weighted by Crippen LogP contribution is 2.29. The van der Waals surface area contributed by atoms with Crippen LogP contribution in [0.1, 0.15) is 16.8 Å². The Bertz CT molecular complexity index is 1170. The van der Waals surface area contributed by atoms with Gasteiger partial charge in [-0.05, 0) is 42.0 Å². The molecule has 0 fully saturated rings. The minimum atomic E-state index is -4.52. The van der Waals surface area contributed by atoms with Crippen LogP contribution < -0.4 is 11.2 Å². The molecule has 0 radical (unpaired) electrons. The summed E-state index contributed by atoms with van der Waals surface area (Å²) in [4.78, 5) is 25.0. The van der Waals surface area contributed by atoms with Crippen LogP contribution >= 0.6 is 0 Å². The van der Waals surface area contributed by atoms with Crippen LogP contribution in [-0.2, 0) is 12.7 Å². The molecule has 6 nitrogen and oxygen atoms in total. The first-order chi connectivity index (χ1) is 13.2. The fourth-order valence-corrected chi connectivity index (χ4v) is 2.46. The first-order valence-corrected chi connectivity index (χ1v) is 7.77. The van der Waals surface area contributed by atoms with Crippen LogP contribution in [0, 0.1) is 17.1 Å². The van der Waals surface area contributed by atoms with Crippen molar-refractivity contribution in [3.63, 3.8) is 0 Å². The number of nitrogens with zero attached hydrogens (tertiary/aromatic N) is 4. The molecule has 3 aromatic rings. The van der Waals surface area contributed by atoms with Gasteiger partial charge in [0.1, 0.15) is 11.9 Å². The van der Waals surface area contributed by atoms with Crippen molar-refractivity contribution in [2.24, 2.45) is 0 Å². The molecule has 0 N–H and O–H groups in total. The van der Waals surface area contributed by atoms with Crippen molar-refractivity contribution >= 4 is 0 Å². The Morgan fingerprint density at radius 3 is 2.14 bits per heavy atom. The maximum Gasteiger partial charge on any atom is 0.416 e. The van der Waals surface area contributed by atoms with Gasteiger partial charge >= 0.3 is 11.9 Å². The molecule has 1 aromatic heterocycles. The molecular formula is C18H10F4N4O2. The molecule has 0 aliphatic heterocycles. The number of benzene rings is 2. The Morgan fingerprint density at radius 2 is 1.61 bits per heavy atom. The van der Waals surface area contributed by atoms with Crippen LogP contribution in [0.4, 0.5) is 17.6 Å². The summed E-state index contributed by atoms with van der Waals surface area (Å²) in [6, 6.07) is 10.1. The monoisotopic (exact) mass is 390 g/mol. The summed E-state index contributed by atoms with van der Waals surface area (Å²) < 4.78 is 52.5. The average molecular weight is 390 g/mol. The van der Waals surface area contributed by atoms with E-state index in [1.54, 1.807) is 6.07 Å². The van der Waals surface area contributed by atoms with Crippen LogP contribution in [0.15, 0.2) is 58.1 Å². The fourth-order valence-electron chi connectivity index (χ4n) is 2.46. The molecule has 0 aliphatic rings. The summed E-state index contributed by atoms with van der Waals surface area (Å²) in [7, 11) is 0. The van der Waals surface area contributed by atoms with Crippen molar-refractivity contribution in [1.82, 2.24) is 14.3 Å². The van der Waals surface area contributed by atoms with Crippen LogP contribution in [0.25, 0.3) is 5.69 Å². The molecular weight excluding hydrogens is 380 g/mol. The number of aromatic nitrogens is 3. The topological polar surface area (TPSA) is 80.7 Å². The molecule has 2 aromatic carbocycles. The molecule has 0 aliphatic carbocycles. The molecule has 0 spiro atoms. The second kappa shape index (κ2) is 7.11. The molecule has 0 amide bonds. The van der Waals surface area contributed by atoms with Gasteiger partial charge in [-0.15, -0.1) is 5.10 Å². The smallest absolute Gasteiger partial charge is 0.266 e. The third kappa shape index (κ3) is 3.68. The van der Waals surface area contributed by atoms with Crippen molar-refractivity contribution < 1.29 is 17.6 Å². The molecule has 0 atom stereocenters. The number of nitriles is 1. The zero-order valence-corrected chi connectivity index (χ0v) is 13.9. The Morgan fingerprint density at radius 1 is 1.00 bits per heavy atom. The van der Waals surface area contributed by atoms with E-state index in [-0.39, 0.29) is 17.8 Å². The standard InChI is InChI=1S/C18H10F4N4O2/c19-13-5-7-14(8-6-13)26-17(28)25(16(27)15(9-23)24-26)10-11-1-3-12(4-2-11)18(20,21)22/h1-8H,10H2. The number of rotatable bonds is 3. The lowest BCUT2D eigenvalue weighted by Crippen LogP contribution is -2.42. The predicted molar refractivity (Wildman–Crippen MR) is 89.3 cm³/mol. The number of hydrogen-bond acceptors (Lipinski definition) is 4. The van der Waals surface area contributed by atoms with Gasteiger partial charge in [0.05, 0.1) is 17.8 Å². The van der Waals surface area contributed by atoms with E-state index in [1.165, 1.54) is 12.1 Å². The maximum atomic E-state index is 13.1. The summed E-state index contributed by atoms with van der Waals surface area (Å²) in [6.07, 6.45) is -4.52. The first-order valence-electron chi connectivity index (χ1n) is 7.77. The molecule has 28 heavy (non-hydrogen) atoms. The lowest BCUT2D eigenvalue weighted by atomic mass is 10.1. The van der Waals surface area contributed by atoms with Gasteiger partial charge < -0.3 is 0 Å². The van der Waals surface area contributed by atoms with Crippen LogP contribution in [0.2, 0.25) is 0 Å². The molecule has 3 rings (SSSR count). The Labute approximate surface area is 154 Å². The van der Waals surface area contributed by atoms with Gasteiger partial charge in [-0.3, -0.25) is 9.36 Å². The summed E-state index contributed by atoms with van der Waals surface area (Å²) in [5, 5.41) is 12.8. The summed E-state index contributed by atoms with van der Waals surface area (Å²) in [6.45, 7) is -0.367. The van der Waals surface area contributed by atoms with E-state index >= 15 is 0 Å². The lowest BCUT2D eigenvalue weighted by Gasteiger charge is -2.11. The molecule has 1 heterocycles. The summed E-state index contributed by atoms with van der Waals surface area (Å²) >= 11 is 0.